The minimum atomic E-state index is -3.19. The van der Waals surface area contributed by atoms with Crippen molar-refractivity contribution in [2.75, 3.05) is 6.26 Å². The highest BCUT2D eigenvalue weighted by molar-refractivity contribution is 9.10. The molecule has 0 aliphatic rings. The Hall–Kier alpha value is -0.420. The summed E-state index contributed by atoms with van der Waals surface area (Å²) in [6.45, 7) is 1.82. The second-order valence-corrected chi connectivity index (χ2v) is 5.35. The second-order valence-electron chi connectivity index (χ2n) is 2.58. The van der Waals surface area contributed by atoms with Crippen LogP contribution in [-0.4, -0.2) is 19.7 Å². The van der Waals surface area contributed by atoms with Crippen molar-refractivity contribution in [1.29, 1.82) is 0 Å². The molecular formula is C7H8BrNO2S. The van der Waals surface area contributed by atoms with E-state index in [0.717, 1.165) is 11.8 Å². The standard InChI is InChI=1S/C7H8BrNO2S/c1-5-3-6(8)9-7(4-5)12(2,10)11/h3-4H,1-2H3. The molecule has 5 heteroatoms. The lowest BCUT2D eigenvalue weighted by atomic mass is 10.3. The molecule has 0 N–H and O–H groups in total. The van der Waals surface area contributed by atoms with Crippen molar-refractivity contribution in [3.8, 4) is 0 Å². The molecule has 0 aliphatic heterocycles. The number of halogens is 1. The predicted octanol–water partition coefficient (Wildman–Crippen LogP) is 1.56. The summed E-state index contributed by atoms with van der Waals surface area (Å²) < 4.78 is 22.7. The van der Waals surface area contributed by atoms with E-state index in [0.29, 0.717) is 4.60 Å². The van der Waals surface area contributed by atoms with Crippen molar-refractivity contribution >= 4 is 25.8 Å². The number of rotatable bonds is 1. The second kappa shape index (κ2) is 3.14. The molecule has 0 aliphatic carbocycles. The van der Waals surface area contributed by atoms with Crippen molar-refractivity contribution in [2.24, 2.45) is 0 Å². The van der Waals surface area contributed by atoms with Gasteiger partial charge in [-0.25, -0.2) is 13.4 Å². The van der Waals surface area contributed by atoms with Gasteiger partial charge in [0.25, 0.3) is 0 Å². The maximum atomic E-state index is 11.1. The molecule has 0 unspecified atom stereocenters. The van der Waals surface area contributed by atoms with Crippen LogP contribution in [0.3, 0.4) is 0 Å². The van der Waals surface area contributed by atoms with Crippen LogP contribution in [0, 0.1) is 6.92 Å². The number of hydrogen-bond acceptors (Lipinski definition) is 3. The third-order valence-corrected chi connectivity index (χ3v) is 2.67. The summed E-state index contributed by atoms with van der Waals surface area (Å²) in [5.41, 5.74) is 0.873. The van der Waals surface area contributed by atoms with Crippen LogP contribution >= 0.6 is 15.9 Å². The molecule has 0 saturated carbocycles. The van der Waals surface area contributed by atoms with Gasteiger partial charge in [-0.15, -0.1) is 0 Å². The van der Waals surface area contributed by atoms with E-state index in [1.54, 1.807) is 12.1 Å². The molecule has 1 rings (SSSR count). The molecule has 0 saturated heterocycles. The SMILES string of the molecule is Cc1cc(Br)nc(S(C)(=O)=O)c1. The van der Waals surface area contributed by atoms with E-state index in [-0.39, 0.29) is 5.03 Å². The Balaban J connectivity index is 3.37. The summed E-state index contributed by atoms with van der Waals surface area (Å²) in [5.74, 6) is 0. The van der Waals surface area contributed by atoms with Gasteiger partial charge in [-0.1, -0.05) is 0 Å². The molecule has 1 aromatic rings. The molecule has 3 nitrogen and oxygen atoms in total. The number of aromatic nitrogens is 1. The summed E-state index contributed by atoms with van der Waals surface area (Å²) in [4.78, 5) is 3.83. The molecule has 66 valence electrons. The molecule has 0 atom stereocenters. The monoisotopic (exact) mass is 249 g/mol. The molecule has 1 aromatic heterocycles. The highest BCUT2D eigenvalue weighted by atomic mass is 79.9. The lowest BCUT2D eigenvalue weighted by Crippen LogP contribution is -2.00. The molecule has 0 aromatic carbocycles. The van der Waals surface area contributed by atoms with Gasteiger partial charge >= 0.3 is 0 Å². The van der Waals surface area contributed by atoms with E-state index in [9.17, 15) is 8.42 Å². The smallest absolute Gasteiger partial charge is 0.192 e. The van der Waals surface area contributed by atoms with Gasteiger partial charge in [-0.3, -0.25) is 0 Å². The molecule has 12 heavy (non-hydrogen) atoms. The van der Waals surface area contributed by atoms with Crippen LogP contribution in [0.1, 0.15) is 5.56 Å². The topological polar surface area (TPSA) is 47.0 Å². The zero-order chi connectivity index (χ0) is 9.35. The van der Waals surface area contributed by atoms with E-state index in [4.69, 9.17) is 0 Å². The Labute approximate surface area is 79.9 Å². The Morgan fingerprint density at radius 1 is 1.42 bits per heavy atom. The fourth-order valence-corrected chi connectivity index (χ4v) is 2.12. The molecule has 0 bridgehead atoms. The first-order chi connectivity index (χ1) is 5.39. The van der Waals surface area contributed by atoms with Gasteiger partial charge in [-0.05, 0) is 40.5 Å². The molecule has 0 radical (unpaired) electrons. The van der Waals surface area contributed by atoms with Crippen LogP contribution in [0.2, 0.25) is 0 Å². The van der Waals surface area contributed by atoms with Crippen molar-refractivity contribution in [3.63, 3.8) is 0 Å². The third kappa shape index (κ3) is 2.28. The van der Waals surface area contributed by atoms with Crippen molar-refractivity contribution in [1.82, 2.24) is 4.98 Å². The maximum absolute atomic E-state index is 11.1. The highest BCUT2D eigenvalue weighted by Crippen LogP contribution is 2.14. The summed E-state index contributed by atoms with van der Waals surface area (Å²) in [7, 11) is -3.19. The van der Waals surface area contributed by atoms with E-state index in [1.165, 1.54) is 0 Å². The number of aryl methyl sites for hydroxylation is 1. The van der Waals surface area contributed by atoms with Crippen LogP contribution in [0.5, 0.6) is 0 Å². The normalized spacial score (nSPS) is 11.6. The minimum Gasteiger partial charge on any atom is -0.229 e. The zero-order valence-electron chi connectivity index (χ0n) is 6.70. The van der Waals surface area contributed by atoms with Crippen LogP contribution in [0.15, 0.2) is 21.8 Å². The van der Waals surface area contributed by atoms with Gasteiger partial charge in [0.15, 0.2) is 14.9 Å². The first kappa shape index (κ1) is 9.67. The third-order valence-electron chi connectivity index (χ3n) is 1.29. The largest absolute Gasteiger partial charge is 0.229 e. The van der Waals surface area contributed by atoms with Gasteiger partial charge < -0.3 is 0 Å². The molecular weight excluding hydrogens is 242 g/mol. The number of nitrogens with zero attached hydrogens (tertiary/aromatic N) is 1. The molecule has 0 amide bonds. The summed E-state index contributed by atoms with van der Waals surface area (Å²) in [6, 6.07) is 3.30. The van der Waals surface area contributed by atoms with Crippen LogP contribution in [0.4, 0.5) is 0 Å². The average molecular weight is 250 g/mol. The zero-order valence-corrected chi connectivity index (χ0v) is 9.11. The fourth-order valence-electron chi connectivity index (χ4n) is 0.784. The van der Waals surface area contributed by atoms with Crippen molar-refractivity contribution in [3.05, 3.63) is 22.3 Å². The maximum Gasteiger partial charge on any atom is 0.192 e. The quantitative estimate of drug-likeness (QED) is 0.710. The van der Waals surface area contributed by atoms with Gasteiger partial charge in [0.1, 0.15) is 4.60 Å². The first-order valence-electron chi connectivity index (χ1n) is 3.24. The van der Waals surface area contributed by atoms with Gasteiger partial charge in [0, 0.05) is 6.26 Å². The van der Waals surface area contributed by atoms with Crippen LogP contribution < -0.4 is 0 Å². The van der Waals surface area contributed by atoms with Crippen LogP contribution in [0.25, 0.3) is 0 Å². The molecule has 0 spiro atoms. The number of pyridine rings is 1. The Morgan fingerprint density at radius 2 is 2.00 bits per heavy atom. The average Bonchev–Trinajstić information content (AvgIpc) is 1.82. The van der Waals surface area contributed by atoms with E-state index < -0.39 is 9.84 Å². The van der Waals surface area contributed by atoms with Gasteiger partial charge in [0.05, 0.1) is 0 Å². The Kier molecular flexibility index (Phi) is 2.53. The molecule has 1 heterocycles. The Bertz CT molecular complexity index is 380. The van der Waals surface area contributed by atoms with Gasteiger partial charge in [-0.2, -0.15) is 0 Å². The number of sulfone groups is 1. The van der Waals surface area contributed by atoms with E-state index in [2.05, 4.69) is 20.9 Å². The lowest BCUT2D eigenvalue weighted by Gasteiger charge is -1.99. The predicted molar refractivity (Wildman–Crippen MR) is 49.8 cm³/mol. The van der Waals surface area contributed by atoms with E-state index >= 15 is 0 Å². The molecule has 0 fully saturated rings. The highest BCUT2D eigenvalue weighted by Gasteiger charge is 2.09. The van der Waals surface area contributed by atoms with E-state index in [1.807, 2.05) is 6.92 Å². The first-order valence-corrected chi connectivity index (χ1v) is 5.92. The minimum absolute atomic E-state index is 0.106. The van der Waals surface area contributed by atoms with Crippen molar-refractivity contribution in [2.45, 2.75) is 11.9 Å². The van der Waals surface area contributed by atoms with Crippen molar-refractivity contribution < 1.29 is 8.42 Å². The summed E-state index contributed by atoms with van der Waals surface area (Å²) in [5, 5.41) is 0.106. The lowest BCUT2D eigenvalue weighted by molar-refractivity contribution is 0.598. The van der Waals surface area contributed by atoms with Gasteiger partial charge in [0.2, 0.25) is 0 Å². The fraction of sp³-hybridized carbons (Fsp3) is 0.286. The van der Waals surface area contributed by atoms with Crippen LogP contribution in [-0.2, 0) is 9.84 Å². The summed E-state index contributed by atoms with van der Waals surface area (Å²) >= 11 is 3.13. The Morgan fingerprint density at radius 3 is 2.42 bits per heavy atom. The summed E-state index contributed by atoms with van der Waals surface area (Å²) in [6.07, 6.45) is 1.14. The number of hydrogen-bond donors (Lipinski definition) is 0.